The van der Waals surface area contributed by atoms with Crippen molar-refractivity contribution in [2.45, 2.75) is 45.2 Å². The molecule has 28 heavy (non-hydrogen) atoms. The molecule has 2 aromatic carbocycles. The van der Waals surface area contributed by atoms with Crippen molar-refractivity contribution in [1.82, 2.24) is 9.88 Å². The number of hydrogen-bond acceptors (Lipinski definition) is 3. The topological polar surface area (TPSA) is 46.3 Å². The number of amides is 1. The molecule has 0 spiro atoms. The Balaban J connectivity index is 1.40. The second-order valence-electron chi connectivity index (χ2n) is 7.34. The normalized spacial score (nSPS) is 13.5. The molecule has 1 amide bonds. The summed E-state index contributed by atoms with van der Waals surface area (Å²) in [4.78, 5) is 19.2. The van der Waals surface area contributed by atoms with Gasteiger partial charge in [0.1, 0.15) is 0 Å². The molecular formula is C23H23ClN2O2. The van der Waals surface area contributed by atoms with E-state index < -0.39 is 0 Å². The summed E-state index contributed by atoms with van der Waals surface area (Å²) in [5.74, 6) is 1.35. The molecule has 0 N–H and O–H groups in total. The van der Waals surface area contributed by atoms with E-state index in [1.165, 1.54) is 11.1 Å². The molecule has 4 rings (SSSR count). The maximum absolute atomic E-state index is 12.9. The predicted molar refractivity (Wildman–Crippen MR) is 110 cm³/mol. The van der Waals surface area contributed by atoms with Crippen LogP contribution in [-0.2, 0) is 17.8 Å². The summed E-state index contributed by atoms with van der Waals surface area (Å²) in [6, 6.07) is 16.2. The van der Waals surface area contributed by atoms with Crippen LogP contribution in [0.4, 0.5) is 0 Å². The minimum Gasteiger partial charge on any atom is -0.441 e. The Morgan fingerprint density at radius 2 is 2.04 bits per heavy atom. The number of oxazole rings is 1. The van der Waals surface area contributed by atoms with Crippen LogP contribution in [0.1, 0.15) is 36.3 Å². The fraction of sp³-hybridized carbons (Fsp3) is 0.304. The summed E-state index contributed by atoms with van der Waals surface area (Å²) in [6.07, 6.45) is 4.73. The Labute approximate surface area is 170 Å². The van der Waals surface area contributed by atoms with Crippen LogP contribution in [0.15, 0.2) is 59.1 Å². The molecule has 4 nitrogen and oxygen atoms in total. The van der Waals surface area contributed by atoms with E-state index >= 15 is 0 Å². The van der Waals surface area contributed by atoms with E-state index in [-0.39, 0.29) is 5.91 Å². The Morgan fingerprint density at radius 1 is 1.21 bits per heavy atom. The van der Waals surface area contributed by atoms with Gasteiger partial charge in [-0.1, -0.05) is 53.6 Å². The van der Waals surface area contributed by atoms with E-state index in [1.54, 1.807) is 6.20 Å². The second kappa shape index (κ2) is 8.19. The lowest BCUT2D eigenvalue weighted by atomic mass is 10.1. The van der Waals surface area contributed by atoms with Crippen LogP contribution in [0, 0.1) is 6.92 Å². The van der Waals surface area contributed by atoms with Crippen molar-refractivity contribution < 1.29 is 9.21 Å². The van der Waals surface area contributed by atoms with E-state index in [9.17, 15) is 4.79 Å². The summed E-state index contributed by atoms with van der Waals surface area (Å²) in [6.45, 7) is 2.74. The van der Waals surface area contributed by atoms with Crippen LogP contribution in [0.5, 0.6) is 0 Å². The minimum absolute atomic E-state index is 0.154. The smallest absolute Gasteiger partial charge is 0.223 e. The van der Waals surface area contributed by atoms with Gasteiger partial charge in [0.25, 0.3) is 0 Å². The Kier molecular flexibility index (Phi) is 5.49. The number of rotatable bonds is 7. The maximum Gasteiger partial charge on any atom is 0.223 e. The fourth-order valence-corrected chi connectivity index (χ4v) is 3.61. The largest absolute Gasteiger partial charge is 0.441 e. The van der Waals surface area contributed by atoms with Crippen molar-refractivity contribution in [2.24, 2.45) is 0 Å². The van der Waals surface area contributed by atoms with Crippen molar-refractivity contribution in [3.05, 3.63) is 76.8 Å². The summed E-state index contributed by atoms with van der Waals surface area (Å²) in [7, 11) is 0. The van der Waals surface area contributed by atoms with Gasteiger partial charge >= 0.3 is 0 Å². The molecule has 1 heterocycles. The molecule has 1 saturated carbocycles. The Morgan fingerprint density at radius 3 is 2.79 bits per heavy atom. The predicted octanol–water partition coefficient (Wildman–Crippen LogP) is 5.43. The lowest BCUT2D eigenvalue weighted by Gasteiger charge is -2.22. The number of hydrogen-bond donors (Lipinski definition) is 0. The van der Waals surface area contributed by atoms with E-state index in [4.69, 9.17) is 16.0 Å². The first-order valence-corrected chi connectivity index (χ1v) is 10.0. The first-order chi connectivity index (χ1) is 13.6. The maximum atomic E-state index is 12.9. The van der Waals surface area contributed by atoms with Crippen molar-refractivity contribution >= 4 is 17.5 Å². The van der Waals surface area contributed by atoms with E-state index in [0.29, 0.717) is 42.1 Å². The molecule has 3 aromatic rings. The molecule has 0 atom stereocenters. The standard InChI is InChI=1S/C23H23ClN2O2/c1-16-5-4-6-17(13-16)15-26(18-9-10-18)23(27)12-11-22-25-14-21(28-22)19-7-2-3-8-20(19)24/h2-8,13-14,18H,9-12,15H2,1H3. The van der Waals surface area contributed by atoms with Gasteiger partial charge in [-0.25, -0.2) is 4.98 Å². The zero-order chi connectivity index (χ0) is 19.5. The van der Waals surface area contributed by atoms with E-state index in [2.05, 4.69) is 30.1 Å². The Bertz CT molecular complexity index is 978. The average molecular weight is 395 g/mol. The molecule has 1 aliphatic carbocycles. The zero-order valence-electron chi connectivity index (χ0n) is 15.9. The third-order valence-corrected chi connectivity index (χ3v) is 5.32. The van der Waals surface area contributed by atoms with Gasteiger partial charge in [0.05, 0.1) is 11.2 Å². The van der Waals surface area contributed by atoms with Crippen molar-refractivity contribution in [3.63, 3.8) is 0 Å². The molecule has 5 heteroatoms. The number of nitrogens with zero attached hydrogens (tertiary/aromatic N) is 2. The highest BCUT2D eigenvalue weighted by Gasteiger charge is 2.32. The highest BCUT2D eigenvalue weighted by atomic mass is 35.5. The molecular weight excluding hydrogens is 372 g/mol. The monoisotopic (exact) mass is 394 g/mol. The number of halogens is 1. The van der Waals surface area contributed by atoms with Gasteiger partial charge < -0.3 is 9.32 Å². The SMILES string of the molecule is Cc1cccc(CN(C(=O)CCc2ncc(-c3ccccc3Cl)o2)C2CC2)c1. The van der Waals surface area contributed by atoms with Gasteiger partial charge in [0, 0.05) is 31.0 Å². The highest BCUT2D eigenvalue weighted by Crippen LogP contribution is 2.30. The molecule has 0 bridgehead atoms. The van der Waals surface area contributed by atoms with Gasteiger partial charge in [-0.2, -0.15) is 0 Å². The fourth-order valence-electron chi connectivity index (χ4n) is 3.38. The molecule has 0 unspecified atom stereocenters. The molecule has 144 valence electrons. The van der Waals surface area contributed by atoms with Gasteiger partial charge in [0.2, 0.25) is 5.91 Å². The molecule has 1 fully saturated rings. The van der Waals surface area contributed by atoms with Crippen LogP contribution < -0.4 is 0 Å². The van der Waals surface area contributed by atoms with Gasteiger partial charge in [0.15, 0.2) is 11.7 Å². The zero-order valence-corrected chi connectivity index (χ0v) is 16.7. The molecule has 1 aliphatic rings. The summed E-state index contributed by atoms with van der Waals surface area (Å²) >= 11 is 6.22. The quantitative estimate of drug-likeness (QED) is 0.537. The van der Waals surface area contributed by atoms with Crippen molar-refractivity contribution in [3.8, 4) is 11.3 Å². The van der Waals surface area contributed by atoms with Gasteiger partial charge in [-0.15, -0.1) is 0 Å². The van der Waals surface area contributed by atoms with Gasteiger partial charge in [-0.3, -0.25) is 4.79 Å². The second-order valence-corrected chi connectivity index (χ2v) is 7.75. The number of aryl methyl sites for hydroxylation is 2. The molecule has 0 aliphatic heterocycles. The summed E-state index contributed by atoms with van der Waals surface area (Å²) in [5.41, 5.74) is 3.21. The number of aromatic nitrogens is 1. The van der Waals surface area contributed by atoms with Crippen LogP contribution in [-0.4, -0.2) is 21.8 Å². The number of carbonyl (C=O) groups excluding carboxylic acids is 1. The molecule has 0 radical (unpaired) electrons. The average Bonchev–Trinajstić information content (AvgIpc) is 3.42. The lowest BCUT2D eigenvalue weighted by Crippen LogP contribution is -2.32. The number of benzene rings is 2. The first-order valence-electron chi connectivity index (χ1n) is 9.65. The third kappa shape index (κ3) is 4.45. The van der Waals surface area contributed by atoms with Crippen molar-refractivity contribution in [2.75, 3.05) is 0 Å². The highest BCUT2D eigenvalue weighted by molar-refractivity contribution is 6.33. The lowest BCUT2D eigenvalue weighted by molar-refractivity contribution is -0.132. The summed E-state index contributed by atoms with van der Waals surface area (Å²) < 4.78 is 5.82. The van der Waals surface area contributed by atoms with Gasteiger partial charge in [-0.05, 0) is 37.5 Å². The van der Waals surface area contributed by atoms with E-state index in [1.807, 2.05) is 35.2 Å². The van der Waals surface area contributed by atoms with Crippen LogP contribution >= 0.6 is 11.6 Å². The van der Waals surface area contributed by atoms with Crippen LogP contribution in [0.25, 0.3) is 11.3 Å². The summed E-state index contributed by atoms with van der Waals surface area (Å²) in [5, 5.41) is 0.624. The minimum atomic E-state index is 0.154. The molecule has 1 aromatic heterocycles. The molecule has 0 saturated heterocycles. The van der Waals surface area contributed by atoms with Crippen LogP contribution in [0.3, 0.4) is 0 Å². The van der Waals surface area contributed by atoms with Crippen molar-refractivity contribution in [1.29, 1.82) is 0 Å². The third-order valence-electron chi connectivity index (χ3n) is 4.99. The first kappa shape index (κ1) is 18.8. The number of carbonyl (C=O) groups is 1. The van der Waals surface area contributed by atoms with Crippen LogP contribution in [0.2, 0.25) is 5.02 Å². The Hall–Kier alpha value is -2.59. The van der Waals surface area contributed by atoms with E-state index in [0.717, 1.165) is 18.4 Å².